The molecule has 0 bridgehead atoms. The first-order valence-electron chi connectivity index (χ1n) is 5.08. The summed E-state index contributed by atoms with van der Waals surface area (Å²) < 4.78 is 0. The molecule has 3 N–H and O–H groups in total. The Balaban J connectivity index is 2.30. The van der Waals surface area contributed by atoms with E-state index in [4.69, 9.17) is 5.73 Å². The second-order valence-electron chi connectivity index (χ2n) is 4.49. The average molecular weight is 218 g/mol. The Bertz CT molecular complexity index is 530. The SMILES string of the molecule is CC(C)(Cc1ncc2cc[nH]c2n1)C(N)=O. The zero-order chi connectivity index (χ0) is 11.8. The van der Waals surface area contributed by atoms with Crippen molar-refractivity contribution in [3.05, 3.63) is 24.3 Å². The van der Waals surface area contributed by atoms with Crippen LogP contribution in [0.15, 0.2) is 18.5 Å². The molecule has 0 spiro atoms. The molecule has 2 aromatic rings. The Hall–Kier alpha value is -1.91. The fraction of sp³-hybridized carbons (Fsp3) is 0.364. The summed E-state index contributed by atoms with van der Waals surface area (Å²) in [4.78, 5) is 22.7. The topological polar surface area (TPSA) is 84.7 Å². The maximum Gasteiger partial charge on any atom is 0.223 e. The number of carbonyl (C=O) groups is 1. The van der Waals surface area contributed by atoms with Gasteiger partial charge in [0.05, 0.1) is 5.41 Å². The molecular formula is C11H14N4O. The van der Waals surface area contributed by atoms with E-state index >= 15 is 0 Å². The monoisotopic (exact) mass is 218 g/mol. The minimum atomic E-state index is -0.625. The molecule has 0 atom stereocenters. The molecule has 0 fully saturated rings. The summed E-state index contributed by atoms with van der Waals surface area (Å²) in [5, 5.41) is 0.959. The quantitative estimate of drug-likeness (QED) is 0.806. The molecule has 16 heavy (non-hydrogen) atoms. The van der Waals surface area contributed by atoms with Gasteiger partial charge in [-0.1, -0.05) is 13.8 Å². The van der Waals surface area contributed by atoms with E-state index in [-0.39, 0.29) is 5.91 Å². The standard InChI is InChI=1S/C11H14N4O/c1-11(2,10(12)16)5-8-14-6-7-3-4-13-9(7)15-8/h3-4,6H,5H2,1-2H3,(H2,12,16)(H,13,14,15). The highest BCUT2D eigenvalue weighted by Gasteiger charge is 2.26. The van der Waals surface area contributed by atoms with Gasteiger partial charge in [-0.25, -0.2) is 9.97 Å². The third kappa shape index (κ3) is 1.88. The van der Waals surface area contributed by atoms with E-state index in [1.165, 1.54) is 0 Å². The molecule has 2 rings (SSSR count). The van der Waals surface area contributed by atoms with Crippen LogP contribution in [0.25, 0.3) is 11.0 Å². The number of aromatic nitrogens is 3. The molecule has 1 amide bonds. The second kappa shape index (κ2) is 3.59. The van der Waals surface area contributed by atoms with Gasteiger partial charge in [-0.15, -0.1) is 0 Å². The molecule has 0 aliphatic rings. The average Bonchev–Trinajstić information content (AvgIpc) is 2.63. The lowest BCUT2D eigenvalue weighted by Gasteiger charge is -2.18. The summed E-state index contributed by atoms with van der Waals surface area (Å²) in [5.41, 5.74) is 5.47. The molecule has 5 nitrogen and oxygen atoms in total. The van der Waals surface area contributed by atoms with Crippen LogP contribution in [0.2, 0.25) is 0 Å². The van der Waals surface area contributed by atoms with E-state index in [2.05, 4.69) is 15.0 Å². The van der Waals surface area contributed by atoms with Crippen LogP contribution < -0.4 is 5.73 Å². The molecular weight excluding hydrogens is 204 g/mol. The summed E-state index contributed by atoms with van der Waals surface area (Å²) >= 11 is 0. The van der Waals surface area contributed by atoms with Crippen LogP contribution in [-0.4, -0.2) is 20.9 Å². The molecule has 5 heteroatoms. The predicted octanol–water partition coefficient (Wildman–Crippen LogP) is 1.01. The number of fused-ring (bicyclic) bond motifs is 1. The number of amides is 1. The Morgan fingerprint density at radius 1 is 1.56 bits per heavy atom. The van der Waals surface area contributed by atoms with Crippen molar-refractivity contribution < 1.29 is 4.79 Å². The molecule has 0 saturated heterocycles. The Labute approximate surface area is 93.1 Å². The second-order valence-corrected chi connectivity index (χ2v) is 4.49. The largest absolute Gasteiger partial charge is 0.369 e. The van der Waals surface area contributed by atoms with Gasteiger partial charge in [0.15, 0.2) is 0 Å². The number of aromatic amines is 1. The van der Waals surface area contributed by atoms with Crippen LogP contribution in [0.3, 0.4) is 0 Å². The number of carbonyl (C=O) groups excluding carboxylic acids is 1. The molecule has 0 radical (unpaired) electrons. The number of rotatable bonds is 3. The zero-order valence-electron chi connectivity index (χ0n) is 9.32. The van der Waals surface area contributed by atoms with E-state index in [1.54, 1.807) is 20.0 Å². The number of nitrogens with two attached hydrogens (primary N) is 1. The normalized spacial score (nSPS) is 11.9. The number of hydrogen-bond acceptors (Lipinski definition) is 3. The van der Waals surface area contributed by atoms with Crippen LogP contribution >= 0.6 is 0 Å². The fourth-order valence-electron chi connectivity index (χ4n) is 1.44. The number of H-pyrrole nitrogens is 1. The lowest BCUT2D eigenvalue weighted by Crippen LogP contribution is -2.33. The van der Waals surface area contributed by atoms with E-state index in [1.807, 2.05) is 12.3 Å². The molecule has 0 saturated carbocycles. The number of hydrogen-bond donors (Lipinski definition) is 2. The van der Waals surface area contributed by atoms with E-state index in [0.717, 1.165) is 11.0 Å². The Morgan fingerprint density at radius 2 is 2.31 bits per heavy atom. The van der Waals surface area contributed by atoms with Crippen LogP contribution in [0.5, 0.6) is 0 Å². The highest BCUT2D eigenvalue weighted by molar-refractivity contribution is 5.80. The highest BCUT2D eigenvalue weighted by Crippen LogP contribution is 2.20. The minimum absolute atomic E-state index is 0.345. The molecule has 2 heterocycles. The molecule has 2 aromatic heterocycles. The van der Waals surface area contributed by atoms with Gasteiger partial charge in [-0.05, 0) is 6.07 Å². The van der Waals surface area contributed by atoms with Crippen molar-refractivity contribution in [2.24, 2.45) is 11.1 Å². The Kier molecular flexibility index (Phi) is 2.38. The van der Waals surface area contributed by atoms with Crippen molar-refractivity contribution >= 4 is 16.9 Å². The van der Waals surface area contributed by atoms with Gasteiger partial charge in [0.2, 0.25) is 5.91 Å². The van der Waals surface area contributed by atoms with Gasteiger partial charge in [-0.3, -0.25) is 4.79 Å². The molecule has 84 valence electrons. The maximum absolute atomic E-state index is 11.2. The third-order valence-electron chi connectivity index (χ3n) is 2.62. The summed E-state index contributed by atoms with van der Waals surface area (Å²) in [7, 11) is 0. The van der Waals surface area contributed by atoms with Gasteiger partial charge in [-0.2, -0.15) is 0 Å². The van der Waals surface area contributed by atoms with Gasteiger partial charge < -0.3 is 10.7 Å². The first kappa shape index (κ1) is 10.6. The Morgan fingerprint density at radius 3 is 3.00 bits per heavy atom. The smallest absolute Gasteiger partial charge is 0.223 e. The van der Waals surface area contributed by atoms with E-state index in [0.29, 0.717) is 12.2 Å². The van der Waals surface area contributed by atoms with Crippen LogP contribution in [0, 0.1) is 5.41 Å². The van der Waals surface area contributed by atoms with E-state index < -0.39 is 5.41 Å². The number of nitrogens with one attached hydrogen (secondary N) is 1. The van der Waals surface area contributed by atoms with Crippen molar-refractivity contribution in [1.82, 2.24) is 15.0 Å². The van der Waals surface area contributed by atoms with Gasteiger partial charge in [0, 0.05) is 24.2 Å². The molecule has 0 unspecified atom stereocenters. The first-order chi connectivity index (χ1) is 7.49. The van der Waals surface area contributed by atoms with Crippen LogP contribution in [0.4, 0.5) is 0 Å². The zero-order valence-corrected chi connectivity index (χ0v) is 9.32. The van der Waals surface area contributed by atoms with Crippen molar-refractivity contribution in [3.8, 4) is 0 Å². The summed E-state index contributed by atoms with van der Waals surface area (Å²) in [5.74, 6) is 0.279. The highest BCUT2D eigenvalue weighted by atomic mass is 16.1. The lowest BCUT2D eigenvalue weighted by atomic mass is 9.88. The van der Waals surface area contributed by atoms with Crippen LogP contribution in [0.1, 0.15) is 19.7 Å². The van der Waals surface area contributed by atoms with Gasteiger partial charge in [0.1, 0.15) is 11.5 Å². The third-order valence-corrected chi connectivity index (χ3v) is 2.62. The van der Waals surface area contributed by atoms with Crippen molar-refractivity contribution in [2.45, 2.75) is 20.3 Å². The van der Waals surface area contributed by atoms with E-state index in [9.17, 15) is 4.79 Å². The number of primary amides is 1. The van der Waals surface area contributed by atoms with Crippen molar-refractivity contribution in [2.75, 3.05) is 0 Å². The molecule has 0 aliphatic heterocycles. The van der Waals surface area contributed by atoms with Gasteiger partial charge >= 0.3 is 0 Å². The minimum Gasteiger partial charge on any atom is -0.369 e. The lowest BCUT2D eigenvalue weighted by molar-refractivity contribution is -0.126. The molecule has 0 aromatic carbocycles. The van der Waals surface area contributed by atoms with Gasteiger partial charge in [0.25, 0.3) is 0 Å². The maximum atomic E-state index is 11.2. The van der Waals surface area contributed by atoms with Crippen LogP contribution in [-0.2, 0) is 11.2 Å². The molecule has 0 aliphatic carbocycles. The first-order valence-corrected chi connectivity index (χ1v) is 5.08. The fourth-order valence-corrected chi connectivity index (χ4v) is 1.44. The summed E-state index contributed by atoms with van der Waals surface area (Å²) in [6.45, 7) is 3.58. The summed E-state index contributed by atoms with van der Waals surface area (Å²) in [6, 6.07) is 1.90. The van der Waals surface area contributed by atoms with Crippen molar-refractivity contribution in [3.63, 3.8) is 0 Å². The predicted molar refractivity (Wildman–Crippen MR) is 60.6 cm³/mol. The number of nitrogens with zero attached hydrogens (tertiary/aromatic N) is 2. The summed E-state index contributed by atoms with van der Waals surface area (Å²) in [6.07, 6.45) is 3.99. The van der Waals surface area contributed by atoms with Crippen molar-refractivity contribution in [1.29, 1.82) is 0 Å².